The predicted octanol–water partition coefficient (Wildman–Crippen LogP) is 1.30. The van der Waals surface area contributed by atoms with Gasteiger partial charge in [-0.3, -0.25) is 0 Å². The summed E-state index contributed by atoms with van der Waals surface area (Å²) in [4.78, 5) is 4.84. The number of aromatic nitrogens is 2. The second-order valence-electron chi connectivity index (χ2n) is 6.05. The molecule has 23 heavy (non-hydrogen) atoms. The zero-order valence-electron chi connectivity index (χ0n) is 13.8. The van der Waals surface area contributed by atoms with Gasteiger partial charge >= 0.3 is 0 Å². The van der Waals surface area contributed by atoms with Crippen molar-refractivity contribution in [2.75, 3.05) is 7.11 Å². The lowest BCUT2D eigenvalue weighted by atomic mass is 10.1. The second kappa shape index (κ2) is 7.51. The summed E-state index contributed by atoms with van der Waals surface area (Å²) in [7, 11) is 1.69. The molecule has 0 aliphatic carbocycles. The van der Waals surface area contributed by atoms with E-state index in [1.807, 2.05) is 18.2 Å². The Morgan fingerprint density at radius 1 is 1.04 bits per heavy atom. The largest absolute Gasteiger partial charge is 1.00 e. The number of halogens is 1. The van der Waals surface area contributed by atoms with Gasteiger partial charge in [0.2, 0.25) is 0 Å². The summed E-state index contributed by atoms with van der Waals surface area (Å²) in [6, 6.07) is 16.6. The summed E-state index contributed by atoms with van der Waals surface area (Å²) < 4.78 is 7.57. The maximum Gasteiger partial charge on any atom is 0.118 e. The third-order valence-corrected chi connectivity index (χ3v) is 3.80. The lowest BCUT2D eigenvalue weighted by Crippen LogP contribution is -3.00. The fourth-order valence-corrected chi connectivity index (χ4v) is 2.76. The molecule has 0 aliphatic rings. The number of ether oxygens (including phenoxy) is 1. The van der Waals surface area contributed by atoms with Gasteiger partial charge in [-0.05, 0) is 35.7 Å². The fraction of sp³-hybridized carbons (Fsp3) is 0.316. The van der Waals surface area contributed by atoms with Crippen LogP contribution in [0, 0.1) is 5.92 Å². The highest BCUT2D eigenvalue weighted by atomic mass is 35.5. The summed E-state index contributed by atoms with van der Waals surface area (Å²) in [5.41, 5.74) is 3.55. The standard InChI is InChI=1S/C19H22N2O.ClH/c1-14(2)13-21-18-7-5-4-6-17(18)20-19(21)12-15-8-10-16(22-3)11-9-15;/h4-11,14H,12-13H2,1-3H3;1H/p-1. The molecule has 3 aromatic rings. The van der Waals surface area contributed by atoms with Gasteiger partial charge in [0.15, 0.2) is 0 Å². The van der Waals surface area contributed by atoms with Gasteiger partial charge in [-0.15, -0.1) is 0 Å². The smallest absolute Gasteiger partial charge is 0.118 e. The van der Waals surface area contributed by atoms with Crippen molar-refractivity contribution >= 4 is 11.0 Å². The molecule has 0 saturated carbocycles. The van der Waals surface area contributed by atoms with Gasteiger partial charge in [-0.25, -0.2) is 4.98 Å². The molecule has 0 amide bonds. The Balaban J connectivity index is 0.00000192. The summed E-state index contributed by atoms with van der Waals surface area (Å²) in [6.45, 7) is 5.48. The molecule has 0 saturated heterocycles. The van der Waals surface area contributed by atoms with Gasteiger partial charge in [0.1, 0.15) is 11.6 Å². The summed E-state index contributed by atoms with van der Waals surface area (Å²) >= 11 is 0. The minimum atomic E-state index is 0. The number of rotatable bonds is 5. The maximum absolute atomic E-state index is 5.22. The monoisotopic (exact) mass is 329 g/mol. The van der Waals surface area contributed by atoms with Crippen molar-refractivity contribution in [2.24, 2.45) is 5.92 Å². The summed E-state index contributed by atoms with van der Waals surface area (Å²) in [5.74, 6) is 2.60. The van der Waals surface area contributed by atoms with Crippen molar-refractivity contribution in [2.45, 2.75) is 26.8 Å². The van der Waals surface area contributed by atoms with Crippen molar-refractivity contribution in [3.8, 4) is 5.75 Å². The molecule has 0 spiro atoms. The molecule has 0 bridgehead atoms. The Hall–Kier alpha value is -2.00. The van der Waals surface area contributed by atoms with E-state index >= 15 is 0 Å². The molecule has 0 aliphatic heterocycles. The molecule has 2 aromatic carbocycles. The quantitative estimate of drug-likeness (QED) is 0.705. The highest BCUT2D eigenvalue weighted by Crippen LogP contribution is 2.21. The van der Waals surface area contributed by atoms with Crippen LogP contribution in [0.4, 0.5) is 0 Å². The van der Waals surface area contributed by atoms with E-state index in [0.29, 0.717) is 5.92 Å². The first kappa shape index (κ1) is 17.4. The van der Waals surface area contributed by atoms with E-state index in [2.05, 4.69) is 48.7 Å². The van der Waals surface area contributed by atoms with Gasteiger partial charge in [0, 0.05) is 13.0 Å². The van der Waals surface area contributed by atoms with Crippen molar-refractivity contribution < 1.29 is 17.1 Å². The van der Waals surface area contributed by atoms with Crippen LogP contribution in [-0.4, -0.2) is 16.7 Å². The number of imidazole rings is 1. The van der Waals surface area contributed by atoms with E-state index in [1.165, 1.54) is 11.1 Å². The van der Waals surface area contributed by atoms with Crippen LogP contribution in [0.25, 0.3) is 11.0 Å². The van der Waals surface area contributed by atoms with E-state index in [4.69, 9.17) is 9.72 Å². The Labute approximate surface area is 143 Å². The molecule has 1 heterocycles. The van der Waals surface area contributed by atoms with Crippen molar-refractivity contribution in [3.05, 3.63) is 59.9 Å². The summed E-state index contributed by atoms with van der Waals surface area (Å²) in [5, 5.41) is 0. The molecular weight excluding hydrogens is 308 g/mol. The Kier molecular flexibility index (Phi) is 5.67. The van der Waals surface area contributed by atoms with Crippen LogP contribution in [0.3, 0.4) is 0 Å². The van der Waals surface area contributed by atoms with Gasteiger partial charge in [-0.1, -0.05) is 38.1 Å². The van der Waals surface area contributed by atoms with Crippen LogP contribution in [0.5, 0.6) is 5.75 Å². The Bertz CT molecular complexity index is 763. The van der Waals surface area contributed by atoms with E-state index < -0.39 is 0 Å². The molecule has 3 rings (SSSR count). The van der Waals surface area contributed by atoms with Crippen LogP contribution < -0.4 is 17.1 Å². The number of benzene rings is 2. The summed E-state index contributed by atoms with van der Waals surface area (Å²) in [6.07, 6.45) is 0.839. The zero-order valence-corrected chi connectivity index (χ0v) is 14.5. The van der Waals surface area contributed by atoms with Gasteiger partial charge in [-0.2, -0.15) is 0 Å². The molecule has 0 N–H and O–H groups in total. The normalized spacial score (nSPS) is 10.8. The molecule has 3 nitrogen and oxygen atoms in total. The third kappa shape index (κ3) is 3.85. The van der Waals surface area contributed by atoms with Gasteiger partial charge < -0.3 is 21.7 Å². The average molecular weight is 330 g/mol. The minimum Gasteiger partial charge on any atom is -1.00 e. The van der Waals surface area contributed by atoms with E-state index in [0.717, 1.165) is 30.1 Å². The highest BCUT2D eigenvalue weighted by Gasteiger charge is 2.12. The highest BCUT2D eigenvalue weighted by molar-refractivity contribution is 5.76. The SMILES string of the molecule is COc1ccc(Cc2nc3ccccc3n2CC(C)C)cc1.[Cl-]. The number of fused-ring (bicyclic) bond motifs is 1. The second-order valence-corrected chi connectivity index (χ2v) is 6.05. The number of hydrogen-bond acceptors (Lipinski definition) is 2. The minimum absolute atomic E-state index is 0. The van der Waals surface area contributed by atoms with Gasteiger partial charge in [0.05, 0.1) is 18.1 Å². The molecule has 122 valence electrons. The Morgan fingerprint density at radius 3 is 2.39 bits per heavy atom. The van der Waals surface area contributed by atoms with Crippen LogP contribution in [-0.2, 0) is 13.0 Å². The lowest BCUT2D eigenvalue weighted by Gasteiger charge is -2.12. The van der Waals surface area contributed by atoms with E-state index in [-0.39, 0.29) is 12.4 Å². The van der Waals surface area contributed by atoms with Crippen LogP contribution in [0.15, 0.2) is 48.5 Å². The molecular formula is C19H22ClN2O-. The molecule has 0 radical (unpaired) electrons. The lowest BCUT2D eigenvalue weighted by molar-refractivity contribution is -0.00000507. The van der Waals surface area contributed by atoms with E-state index in [9.17, 15) is 0 Å². The van der Waals surface area contributed by atoms with Crippen LogP contribution >= 0.6 is 0 Å². The molecule has 0 atom stereocenters. The number of nitrogens with zero attached hydrogens (tertiary/aromatic N) is 2. The van der Waals surface area contributed by atoms with Crippen molar-refractivity contribution in [3.63, 3.8) is 0 Å². The van der Waals surface area contributed by atoms with Crippen LogP contribution in [0.2, 0.25) is 0 Å². The predicted molar refractivity (Wildman–Crippen MR) is 90.4 cm³/mol. The Morgan fingerprint density at radius 2 is 1.74 bits per heavy atom. The zero-order chi connectivity index (χ0) is 15.5. The van der Waals surface area contributed by atoms with E-state index in [1.54, 1.807) is 7.11 Å². The third-order valence-electron chi connectivity index (χ3n) is 3.80. The fourth-order valence-electron chi connectivity index (χ4n) is 2.76. The topological polar surface area (TPSA) is 27.1 Å². The number of hydrogen-bond donors (Lipinski definition) is 0. The first-order valence-electron chi connectivity index (χ1n) is 7.74. The van der Waals surface area contributed by atoms with Crippen molar-refractivity contribution in [1.82, 2.24) is 9.55 Å². The van der Waals surface area contributed by atoms with Crippen molar-refractivity contribution in [1.29, 1.82) is 0 Å². The first-order chi connectivity index (χ1) is 10.7. The average Bonchev–Trinajstić information content (AvgIpc) is 2.85. The van der Waals surface area contributed by atoms with Gasteiger partial charge in [0.25, 0.3) is 0 Å². The first-order valence-corrected chi connectivity index (χ1v) is 7.74. The molecule has 0 unspecified atom stereocenters. The van der Waals surface area contributed by atoms with Crippen LogP contribution in [0.1, 0.15) is 25.2 Å². The maximum atomic E-state index is 5.22. The number of para-hydroxylation sites is 2. The molecule has 4 heteroatoms. The molecule has 1 aromatic heterocycles. The molecule has 0 fully saturated rings. The number of methoxy groups -OCH3 is 1.